The Bertz CT molecular complexity index is 673. The summed E-state index contributed by atoms with van der Waals surface area (Å²) in [6, 6.07) is 3.58. The first-order valence-electron chi connectivity index (χ1n) is 5.26. The zero-order chi connectivity index (χ0) is 14.0. The van der Waals surface area contributed by atoms with Crippen LogP contribution in [0.25, 0.3) is 11.4 Å². The molecule has 100 valence electrons. The number of halogens is 3. The molecule has 0 aliphatic rings. The number of H-pyrrole nitrogens is 1. The van der Waals surface area contributed by atoms with Gasteiger partial charge in [0.05, 0.1) is 16.8 Å². The predicted octanol–water partition coefficient (Wildman–Crippen LogP) is 2.62. The first-order valence-corrected chi connectivity index (χ1v) is 6.05. The van der Waals surface area contributed by atoms with E-state index in [0.717, 1.165) is 6.07 Å². The van der Waals surface area contributed by atoms with E-state index in [4.69, 9.17) is 4.74 Å². The summed E-state index contributed by atoms with van der Waals surface area (Å²) in [6.45, 7) is 0.151. The van der Waals surface area contributed by atoms with Gasteiger partial charge < -0.3 is 9.72 Å². The second-order valence-electron chi connectivity index (χ2n) is 3.74. The smallest absolute Gasteiger partial charge is 0.251 e. The van der Waals surface area contributed by atoms with Gasteiger partial charge >= 0.3 is 0 Å². The third kappa shape index (κ3) is 2.87. The van der Waals surface area contributed by atoms with Gasteiger partial charge in [0.15, 0.2) is 11.6 Å². The lowest BCUT2D eigenvalue weighted by atomic mass is 10.2. The molecule has 0 radical (unpaired) electrons. The molecule has 0 saturated carbocycles. The van der Waals surface area contributed by atoms with Gasteiger partial charge in [0.1, 0.15) is 5.82 Å². The largest absolute Gasteiger partial charge is 0.378 e. The summed E-state index contributed by atoms with van der Waals surface area (Å²) in [5.41, 5.74) is 0.264. The minimum atomic E-state index is -1.03. The van der Waals surface area contributed by atoms with Crippen molar-refractivity contribution in [2.75, 3.05) is 7.11 Å². The molecule has 19 heavy (non-hydrogen) atoms. The highest BCUT2D eigenvalue weighted by Gasteiger charge is 2.14. The Hall–Kier alpha value is -1.60. The Balaban J connectivity index is 2.59. The van der Waals surface area contributed by atoms with E-state index in [0.29, 0.717) is 5.69 Å². The topological polar surface area (TPSA) is 55.0 Å². The molecular formula is C12H9BrF2N2O2. The molecule has 0 saturated heterocycles. The van der Waals surface area contributed by atoms with Crippen molar-refractivity contribution >= 4 is 15.9 Å². The van der Waals surface area contributed by atoms with Crippen molar-refractivity contribution in [2.45, 2.75) is 6.61 Å². The van der Waals surface area contributed by atoms with E-state index >= 15 is 0 Å². The van der Waals surface area contributed by atoms with Gasteiger partial charge in [-0.3, -0.25) is 4.79 Å². The van der Waals surface area contributed by atoms with Gasteiger partial charge in [-0.05, 0) is 28.1 Å². The zero-order valence-electron chi connectivity index (χ0n) is 9.84. The van der Waals surface area contributed by atoms with Crippen LogP contribution in [-0.2, 0) is 11.3 Å². The summed E-state index contributed by atoms with van der Waals surface area (Å²) in [6.07, 6.45) is 0. The molecule has 0 aliphatic heterocycles. The van der Waals surface area contributed by atoms with E-state index in [9.17, 15) is 13.6 Å². The molecule has 0 atom stereocenters. The first kappa shape index (κ1) is 13.8. The lowest BCUT2D eigenvalue weighted by molar-refractivity contribution is 0.181. The normalized spacial score (nSPS) is 10.7. The highest BCUT2D eigenvalue weighted by atomic mass is 79.9. The lowest BCUT2D eigenvalue weighted by Crippen LogP contribution is -2.11. The Labute approximate surface area is 115 Å². The van der Waals surface area contributed by atoms with Crippen LogP contribution in [0.2, 0.25) is 0 Å². The van der Waals surface area contributed by atoms with Gasteiger partial charge in [-0.1, -0.05) is 0 Å². The van der Waals surface area contributed by atoms with Crippen LogP contribution in [0.5, 0.6) is 0 Å². The number of nitrogens with zero attached hydrogens (tertiary/aromatic N) is 1. The number of aromatic amines is 1. The van der Waals surface area contributed by atoms with Gasteiger partial charge in [0, 0.05) is 18.7 Å². The number of rotatable bonds is 3. The van der Waals surface area contributed by atoms with Crippen molar-refractivity contribution < 1.29 is 13.5 Å². The zero-order valence-corrected chi connectivity index (χ0v) is 11.4. The van der Waals surface area contributed by atoms with Crippen LogP contribution in [0, 0.1) is 11.6 Å². The van der Waals surface area contributed by atoms with E-state index in [1.54, 1.807) is 0 Å². The molecule has 1 aromatic carbocycles. The monoisotopic (exact) mass is 330 g/mol. The Morgan fingerprint density at radius 3 is 2.84 bits per heavy atom. The lowest BCUT2D eigenvalue weighted by Gasteiger charge is -2.07. The quantitative estimate of drug-likeness (QED) is 0.880. The molecule has 1 aromatic heterocycles. The fourth-order valence-corrected chi connectivity index (χ4v) is 2.08. The molecule has 0 aliphatic carbocycles. The highest BCUT2D eigenvalue weighted by molar-refractivity contribution is 9.10. The van der Waals surface area contributed by atoms with E-state index in [2.05, 4.69) is 25.9 Å². The van der Waals surface area contributed by atoms with Crippen LogP contribution in [0.3, 0.4) is 0 Å². The fraction of sp³-hybridized carbons (Fsp3) is 0.167. The predicted molar refractivity (Wildman–Crippen MR) is 68.6 cm³/mol. The average Bonchev–Trinajstić information content (AvgIpc) is 2.36. The van der Waals surface area contributed by atoms with Gasteiger partial charge in [-0.25, -0.2) is 13.8 Å². The summed E-state index contributed by atoms with van der Waals surface area (Å²) in [4.78, 5) is 18.1. The number of nitrogens with one attached hydrogen (secondary N) is 1. The molecule has 2 aromatic rings. The number of aromatic nitrogens is 2. The van der Waals surface area contributed by atoms with Gasteiger partial charge in [0.2, 0.25) is 0 Å². The molecule has 7 heteroatoms. The minimum absolute atomic E-state index is 0.0924. The van der Waals surface area contributed by atoms with Crippen molar-refractivity contribution in [1.82, 2.24) is 9.97 Å². The molecule has 0 fully saturated rings. The average molecular weight is 331 g/mol. The highest BCUT2D eigenvalue weighted by Crippen LogP contribution is 2.29. The Morgan fingerprint density at radius 2 is 2.16 bits per heavy atom. The number of benzene rings is 1. The SMILES string of the molecule is COCc1cc(=O)[nH]c(-c2ccc(F)c(F)c2Br)n1. The molecule has 0 amide bonds. The molecule has 4 nitrogen and oxygen atoms in total. The molecule has 2 rings (SSSR count). The van der Waals surface area contributed by atoms with E-state index in [1.165, 1.54) is 19.2 Å². The van der Waals surface area contributed by atoms with E-state index in [1.807, 2.05) is 0 Å². The summed E-state index contributed by atoms with van der Waals surface area (Å²) in [7, 11) is 1.47. The van der Waals surface area contributed by atoms with E-state index in [-0.39, 0.29) is 22.5 Å². The minimum Gasteiger partial charge on any atom is -0.378 e. The van der Waals surface area contributed by atoms with Gasteiger partial charge in [-0.15, -0.1) is 0 Å². The van der Waals surface area contributed by atoms with Gasteiger partial charge in [-0.2, -0.15) is 0 Å². The summed E-state index contributed by atoms with van der Waals surface area (Å²) in [5.74, 6) is -1.87. The van der Waals surface area contributed by atoms with Crippen molar-refractivity contribution in [3.05, 3.63) is 50.4 Å². The summed E-state index contributed by atoms with van der Waals surface area (Å²) >= 11 is 2.95. The van der Waals surface area contributed by atoms with Crippen LogP contribution in [0.1, 0.15) is 5.69 Å². The first-order chi connectivity index (χ1) is 9.02. The second kappa shape index (κ2) is 5.58. The second-order valence-corrected chi connectivity index (χ2v) is 4.53. The van der Waals surface area contributed by atoms with Crippen molar-refractivity contribution in [1.29, 1.82) is 0 Å². The molecule has 1 N–H and O–H groups in total. The standard InChI is InChI=1S/C12H9BrF2N2O2/c1-19-5-6-4-9(18)17-12(16-6)7-2-3-8(14)11(15)10(7)13/h2-4H,5H2,1H3,(H,16,17,18). The van der Waals surface area contributed by atoms with E-state index < -0.39 is 17.2 Å². The van der Waals surface area contributed by atoms with Crippen molar-refractivity contribution in [3.8, 4) is 11.4 Å². The summed E-state index contributed by atoms with van der Waals surface area (Å²) < 4.78 is 31.3. The number of hydrogen-bond acceptors (Lipinski definition) is 3. The maximum absolute atomic E-state index is 13.5. The maximum Gasteiger partial charge on any atom is 0.251 e. The number of ether oxygens (including phenoxy) is 1. The van der Waals surface area contributed by atoms with Crippen molar-refractivity contribution in [2.24, 2.45) is 0 Å². The van der Waals surface area contributed by atoms with Crippen LogP contribution in [0.4, 0.5) is 8.78 Å². The molecular weight excluding hydrogens is 322 g/mol. The van der Waals surface area contributed by atoms with Crippen LogP contribution >= 0.6 is 15.9 Å². The molecule has 1 heterocycles. The number of methoxy groups -OCH3 is 1. The van der Waals surface area contributed by atoms with Gasteiger partial charge in [0.25, 0.3) is 5.56 Å². The fourth-order valence-electron chi connectivity index (χ4n) is 1.57. The Morgan fingerprint density at radius 1 is 1.42 bits per heavy atom. The van der Waals surface area contributed by atoms with Crippen LogP contribution < -0.4 is 5.56 Å². The van der Waals surface area contributed by atoms with Crippen molar-refractivity contribution in [3.63, 3.8) is 0 Å². The number of hydrogen-bond donors (Lipinski definition) is 1. The Kier molecular flexibility index (Phi) is 4.06. The summed E-state index contributed by atoms with van der Waals surface area (Å²) in [5, 5.41) is 0. The maximum atomic E-state index is 13.5. The molecule has 0 bridgehead atoms. The van der Waals surface area contributed by atoms with Crippen LogP contribution in [-0.4, -0.2) is 17.1 Å². The van der Waals surface area contributed by atoms with Crippen LogP contribution in [0.15, 0.2) is 27.5 Å². The third-order valence-electron chi connectivity index (χ3n) is 2.38. The third-order valence-corrected chi connectivity index (χ3v) is 3.15. The molecule has 0 spiro atoms. The molecule has 0 unspecified atom stereocenters.